The van der Waals surface area contributed by atoms with Crippen LogP contribution >= 0.6 is 0 Å². The van der Waals surface area contributed by atoms with Gasteiger partial charge in [0, 0.05) is 34.7 Å². The first kappa shape index (κ1) is 30.4. The first-order chi connectivity index (χ1) is 18.9. The predicted octanol–water partition coefficient (Wildman–Crippen LogP) is 9.62. The molecular formula is C38H47NO2. The summed E-state index contributed by atoms with van der Waals surface area (Å²) in [6, 6.07) is 25.0. The summed E-state index contributed by atoms with van der Waals surface area (Å²) in [5.74, 6) is 0.649. The van der Waals surface area contributed by atoms with Gasteiger partial charge in [0.15, 0.2) is 0 Å². The van der Waals surface area contributed by atoms with E-state index in [4.69, 9.17) is 0 Å². The topological polar surface area (TPSA) is 53.4 Å². The highest BCUT2D eigenvalue weighted by atomic mass is 16.3. The molecule has 3 aromatic carbocycles. The highest BCUT2D eigenvalue weighted by molar-refractivity contribution is 5.55. The molecule has 0 aliphatic rings. The van der Waals surface area contributed by atoms with Gasteiger partial charge in [0.2, 0.25) is 0 Å². The lowest BCUT2D eigenvalue weighted by Crippen LogP contribution is -2.26. The fraction of sp³-hybridized carbons (Fsp3) is 0.395. The van der Waals surface area contributed by atoms with Crippen molar-refractivity contribution in [2.24, 2.45) is 5.41 Å². The molecule has 4 aromatic rings. The first-order valence-corrected chi connectivity index (χ1v) is 14.6. The second-order valence-corrected chi connectivity index (χ2v) is 14.7. The summed E-state index contributed by atoms with van der Waals surface area (Å²) >= 11 is 0. The fourth-order valence-corrected chi connectivity index (χ4v) is 6.02. The summed E-state index contributed by atoms with van der Waals surface area (Å²) < 4.78 is 0. The van der Waals surface area contributed by atoms with E-state index in [-0.39, 0.29) is 33.3 Å². The van der Waals surface area contributed by atoms with Gasteiger partial charge in [-0.1, -0.05) is 118 Å². The molecule has 4 rings (SSSR count). The highest BCUT2D eigenvalue weighted by Gasteiger charge is 2.36. The predicted molar refractivity (Wildman–Crippen MR) is 171 cm³/mol. The highest BCUT2D eigenvalue weighted by Crippen LogP contribution is 2.49. The van der Waals surface area contributed by atoms with E-state index >= 15 is 0 Å². The van der Waals surface area contributed by atoms with Gasteiger partial charge < -0.3 is 10.2 Å². The van der Waals surface area contributed by atoms with Crippen LogP contribution in [-0.4, -0.2) is 15.2 Å². The maximum Gasteiger partial charge on any atom is 0.123 e. The monoisotopic (exact) mass is 549 g/mol. The quantitative estimate of drug-likeness (QED) is 0.252. The number of pyridine rings is 1. The van der Waals surface area contributed by atoms with Gasteiger partial charge in [-0.3, -0.25) is 4.98 Å². The summed E-state index contributed by atoms with van der Waals surface area (Å²) in [5, 5.41) is 21.7. The van der Waals surface area contributed by atoms with Crippen molar-refractivity contribution in [3.63, 3.8) is 0 Å². The van der Waals surface area contributed by atoms with E-state index in [2.05, 4.69) is 123 Å². The summed E-state index contributed by atoms with van der Waals surface area (Å²) in [4.78, 5) is 4.26. The third kappa shape index (κ3) is 6.05. The smallest absolute Gasteiger partial charge is 0.123 e. The molecule has 0 amide bonds. The Morgan fingerprint density at radius 1 is 0.585 bits per heavy atom. The molecule has 2 N–H and O–H groups in total. The molecule has 1 atom stereocenters. The number of rotatable bonds is 6. The number of phenolic OH excluding ortho intramolecular Hbond substituents is 2. The van der Waals surface area contributed by atoms with Crippen LogP contribution in [0.15, 0.2) is 85.2 Å². The second-order valence-electron chi connectivity index (χ2n) is 14.7. The van der Waals surface area contributed by atoms with Crippen LogP contribution in [-0.2, 0) is 16.2 Å². The maximum atomic E-state index is 11.8. The molecule has 41 heavy (non-hydrogen) atoms. The molecule has 1 aromatic heterocycles. The zero-order chi connectivity index (χ0) is 30.4. The van der Waals surface area contributed by atoms with Crippen molar-refractivity contribution >= 4 is 0 Å². The minimum atomic E-state index is -0.329. The molecule has 0 radical (unpaired) electrons. The molecule has 3 nitrogen and oxygen atoms in total. The van der Waals surface area contributed by atoms with Crippen molar-refractivity contribution in [2.45, 2.75) is 91.4 Å². The Morgan fingerprint density at radius 2 is 1.12 bits per heavy atom. The summed E-state index contributed by atoms with van der Waals surface area (Å²) in [6.07, 6.45) is 3.68. The molecule has 216 valence electrons. The van der Waals surface area contributed by atoms with Gasteiger partial charge in [0.05, 0.1) is 0 Å². The van der Waals surface area contributed by atoms with Crippen LogP contribution in [0.2, 0.25) is 0 Å². The van der Waals surface area contributed by atoms with E-state index in [0.29, 0.717) is 5.75 Å². The van der Waals surface area contributed by atoms with Crippen molar-refractivity contribution in [1.82, 2.24) is 4.98 Å². The second kappa shape index (κ2) is 10.7. The molecule has 0 spiro atoms. The number of aromatic hydroxyl groups is 2. The molecule has 3 heteroatoms. The molecule has 1 heterocycles. The molecule has 0 aliphatic carbocycles. The van der Waals surface area contributed by atoms with Crippen LogP contribution < -0.4 is 0 Å². The van der Waals surface area contributed by atoms with Crippen LogP contribution in [0.3, 0.4) is 0 Å². The Morgan fingerprint density at radius 3 is 1.63 bits per heavy atom. The van der Waals surface area contributed by atoms with Crippen molar-refractivity contribution in [3.8, 4) is 11.5 Å². The Hall–Kier alpha value is -3.59. The van der Waals surface area contributed by atoms with Gasteiger partial charge >= 0.3 is 0 Å². The molecule has 0 bridgehead atoms. The largest absolute Gasteiger partial charge is 0.508 e. The lowest BCUT2D eigenvalue weighted by molar-refractivity contribution is 0.343. The lowest BCUT2D eigenvalue weighted by atomic mass is 9.68. The van der Waals surface area contributed by atoms with Crippen LogP contribution in [0.25, 0.3) is 0 Å². The van der Waals surface area contributed by atoms with Crippen LogP contribution in [0.1, 0.15) is 114 Å². The van der Waals surface area contributed by atoms with Crippen molar-refractivity contribution in [1.29, 1.82) is 0 Å². The standard InChI is InChI=1S/C38H47NO2/c1-35(2,3)32-24-29(23-31(34(32)41)33(36(4,5)6)25-18-20-39-21-19-25)38(9,10)28-13-11-12-27(22-28)37(7,8)26-14-16-30(40)17-15-26/h11-24,33,40-41H,1-10H3. The Kier molecular flexibility index (Phi) is 7.90. The van der Waals surface area contributed by atoms with Gasteiger partial charge in [-0.15, -0.1) is 0 Å². The van der Waals surface area contributed by atoms with E-state index in [1.807, 2.05) is 24.5 Å². The summed E-state index contributed by atoms with van der Waals surface area (Å²) in [7, 11) is 0. The summed E-state index contributed by atoms with van der Waals surface area (Å²) in [6.45, 7) is 22.2. The van der Waals surface area contributed by atoms with Gasteiger partial charge in [0.25, 0.3) is 0 Å². The van der Waals surface area contributed by atoms with E-state index < -0.39 is 0 Å². The SMILES string of the molecule is CC(C)(C)c1cc(C(C)(C)c2cccc(C(C)(C)c3ccc(O)cc3)c2)cc(C(c2ccncc2)C(C)(C)C)c1O. The Balaban J connectivity index is 1.91. The van der Waals surface area contributed by atoms with Gasteiger partial charge in [-0.25, -0.2) is 0 Å². The van der Waals surface area contributed by atoms with E-state index in [0.717, 1.165) is 22.3 Å². The van der Waals surface area contributed by atoms with E-state index in [9.17, 15) is 10.2 Å². The Bertz CT molecular complexity index is 1500. The summed E-state index contributed by atoms with van der Waals surface area (Å²) in [5.41, 5.74) is 6.88. The van der Waals surface area contributed by atoms with Crippen molar-refractivity contribution in [3.05, 3.63) is 124 Å². The minimum Gasteiger partial charge on any atom is -0.508 e. The fourth-order valence-electron chi connectivity index (χ4n) is 6.02. The number of aromatic nitrogens is 1. The minimum absolute atomic E-state index is 0.0119. The molecule has 0 aliphatic heterocycles. The van der Waals surface area contributed by atoms with Gasteiger partial charge in [-0.05, 0) is 68.5 Å². The third-order valence-corrected chi connectivity index (χ3v) is 8.78. The maximum absolute atomic E-state index is 11.8. The third-order valence-electron chi connectivity index (χ3n) is 8.78. The number of hydrogen-bond acceptors (Lipinski definition) is 3. The van der Waals surface area contributed by atoms with Crippen LogP contribution in [0.5, 0.6) is 11.5 Å². The normalized spacial score (nSPS) is 13.7. The zero-order valence-electron chi connectivity index (χ0n) is 26.5. The first-order valence-electron chi connectivity index (χ1n) is 14.6. The lowest BCUT2D eigenvalue weighted by Gasteiger charge is -2.36. The molecule has 0 saturated carbocycles. The number of nitrogens with zero attached hydrogens (tertiary/aromatic N) is 1. The van der Waals surface area contributed by atoms with Crippen molar-refractivity contribution in [2.75, 3.05) is 0 Å². The Labute approximate surface area is 247 Å². The number of hydrogen-bond donors (Lipinski definition) is 2. The number of benzene rings is 3. The average Bonchev–Trinajstić information content (AvgIpc) is 2.89. The van der Waals surface area contributed by atoms with Gasteiger partial charge in [-0.2, -0.15) is 0 Å². The van der Waals surface area contributed by atoms with Crippen LogP contribution in [0, 0.1) is 5.41 Å². The molecule has 1 unspecified atom stereocenters. The number of phenols is 2. The molecule has 0 fully saturated rings. The zero-order valence-corrected chi connectivity index (χ0v) is 26.5. The van der Waals surface area contributed by atoms with Crippen LogP contribution in [0.4, 0.5) is 0 Å². The van der Waals surface area contributed by atoms with Gasteiger partial charge in [0.1, 0.15) is 11.5 Å². The molecule has 0 saturated heterocycles. The van der Waals surface area contributed by atoms with E-state index in [1.165, 1.54) is 16.7 Å². The average molecular weight is 550 g/mol. The van der Waals surface area contributed by atoms with E-state index in [1.54, 1.807) is 12.1 Å². The molecular weight excluding hydrogens is 502 g/mol. The van der Waals surface area contributed by atoms with Crippen molar-refractivity contribution < 1.29 is 10.2 Å².